The van der Waals surface area contributed by atoms with Crippen molar-refractivity contribution in [2.24, 2.45) is 22.5 Å². The Morgan fingerprint density at radius 3 is 1.33 bits per heavy atom. The first-order chi connectivity index (χ1) is 8.12. The van der Waals surface area contributed by atoms with Crippen molar-refractivity contribution in [3.05, 3.63) is 0 Å². The quantitative estimate of drug-likeness (QED) is 0.304. The van der Waals surface area contributed by atoms with E-state index in [1.165, 1.54) is 0 Å². The van der Waals surface area contributed by atoms with Gasteiger partial charge in [-0.1, -0.05) is 27.7 Å². The second kappa shape index (κ2) is 6.70. The van der Waals surface area contributed by atoms with Crippen LogP contribution in [0.2, 0.25) is 0 Å². The van der Waals surface area contributed by atoms with Crippen molar-refractivity contribution in [1.29, 1.82) is 0 Å². The SMILES string of the molecule is CC(C)(CCC(C)(C)CC(=O)NN)CC(=O)NN. The summed E-state index contributed by atoms with van der Waals surface area (Å²) in [5.74, 6) is 9.82. The van der Waals surface area contributed by atoms with E-state index in [1.54, 1.807) is 0 Å². The molecule has 18 heavy (non-hydrogen) atoms. The fourth-order valence-corrected chi connectivity index (χ4v) is 1.82. The van der Waals surface area contributed by atoms with Crippen molar-refractivity contribution < 1.29 is 9.59 Å². The van der Waals surface area contributed by atoms with Crippen LogP contribution in [0.4, 0.5) is 0 Å². The van der Waals surface area contributed by atoms with E-state index in [2.05, 4.69) is 10.9 Å². The lowest BCUT2D eigenvalue weighted by Crippen LogP contribution is -2.35. The van der Waals surface area contributed by atoms with Gasteiger partial charge in [0.25, 0.3) is 0 Å². The molecule has 6 heteroatoms. The van der Waals surface area contributed by atoms with Gasteiger partial charge in [-0.3, -0.25) is 20.4 Å². The zero-order valence-electron chi connectivity index (χ0n) is 11.8. The van der Waals surface area contributed by atoms with E-state index in [-0.39, 0.29) is 22.6 Å². The Morgan fingerprint density at radius 2 is 1.11 bits per heavy atom. The van der Waals surface area contributed by atoms with Crippen LogP contribution in [0.1, 0.15) is 53.4 Å². The van der Waals surface area contributed by atoms with Crippen LogP contribution in [-0.4, -0.2) is 11.8 Å². The third-order valence-electron chi connectivity index (χ3n) is 3.08. The van der Waals surface area contributed by atoms with Gasteiger partial charge in [0.1, 0.15) is 0 Å². The molecular weight excluding hydrogens is 232 g/mol. The van der Waals surface area contributed by atoms with E-state index in [0.29, 0.717) is 12.8 Å². The van der Waals surface area contributed by atoms with Gasteiger partial charge < -0.3 is 0 Å². The minimum atomic E-state index is -0.169. The van der Waals surface area contributed by atoms with Crippen LogP contribution in [0.15, 0.2) is 0 Å². The molecule has 0 spiro atoms. The molecule has 0 aromatic heterocycles. The summed E-state index contributed by atoms with van der Waals surface area (Å²) in [6.07, 6.45) is 2.43. The van der Waals surface area contributed by atoms with Crippen LogP contribution in [0.25, 0.3) is 0 Å². The number of hydrazine groups is 2. The zero-order chi connectivity index (χ0) is 14.4. The molecule has 0 bridgehead atoms. The largest absolute Gasteiger partial charge is 0.294 e. The Kier molecular flexibility index (Phi) is 6.28. The normalized spacial score (nSPS) is 12.1. The molecule has 0 saturated heterocycles. The van der Waals surface area contributed by atoms with Crippen LogP contribution in [-0.2, 0) is 9.59 Å². The monoisotopic (exact) mass is 258 g/mol. The summed E-state index contributed by atoms with van der Waals surface area (Å²) in [6.45, 7) is 8.06. The molecule has 0 aromatic rings. The third kappa shape index (κ3) is 7.24. The van der Waals surface area contributed by atoms with Gasteiger partial charge in [-0.2, -0.15) is 0 Å². The highest BCUT2D eigenvalue weighted by molar-refractivity contribution is 5.76. The molecule has 0 aliphatic rings. The predicted octanol–water partition coefficient (Wildman–Crippen LogP) is 0.579. The van der Waals surface area contributed by atoms with E-state index in [4.69, 9.17) is 11.7 Å². The van der Waals surface area contributed by atoms with E-state index in [9.17, 15) is 9.59 Å². The highest BCUT2D eigenvalue weighted by Crippen LogP contribution is 2.35. The number of amides is 2. The molecule has 0 saturated carbocycles. The number of nitrogens with one attached hydrogen (secondary N) is 2. The van der Waals surface area contributed by atoms with E-state index in [0.717, 1.165) is 12.8 Å². The van der Waals surface area contributed by atoms with Crippen molar-refractivity contribution in [2.75, 3.05) is 0 Å². The van der Waals surface area contributed by atoms with E-state index < -0.39 is 0 Å². The Morgan fingerprint density at radius 1 is 0.833 bits per heavy atom. The molecule has 0 fully saturated rings. The highest BCUT2D eigenvalue weighted by Gasteiger charge is 2.27. The van der Waals surface area contributed by atoms with Gasteiger partial charge in [0, 0.05) is 12.8 Å². The molecule has 0 radical (unpaired) electrons. The van der Waals surface area contributed by atoms with Crippen molar-refractivity contribution in [3.8, 4) is 0 Å². The van der Waals surface area contributed by atoms with Crippen LogP contribution in [0.5, 0.6) is 0 Å². The van der Waals surface area contributed by atoms with Crippen molar-refractivity contribution >= 4 is 11.8 Å². The lowest BCUT2D eigenvalue weighted by Gasteiger charge is -2.30. The topological polar surface area (TPSA) is 110 Å². The summed E-state index contributed by atoms with van der Waals surface area (Å²) in [5.41, 5.74) is 4.00. The number of hydrogen-bond acceptors (Lipinski definition) is 4. The molecule has 2 amide bonds. The van der Waals surface area contributed by atoms with E-state index >= 15 is 0 Å². The van der Waals surface area contributed by atoms with Gasteiger partial charge in [-0.05, 0) is 23.7 Å². The van der Waals surface area contributed by atoms with Gasteiger partial charge in [-0.15, -0.1) is 0 Å². The summed E-state index contributed by atoms with van der Waals surface area (Å²) in [7, 11) is 0. The molecule has 0 unspecified atom stereocenters. The van der Waals surface area contributed by atoms with Gasteiger partial charge in [-0.25, -0.2) is 11.7 Å². The molecule has 0 heterocycles. The average molecular weight is 258 g/mol. The van der Waals surface area contributed by atoms with Gasteiger partial charge in [0.05, 0.1) is 0 Å². The van der Waals surface area contributed by atoms with Gasteiger partial charge in [0.15, 0.2) is 0 Å². The maximum atomic E-state index is 11.3. The molecule has 6 N–H and O–H groups in total. The van der Waals surface area contributed by atoms with Crippen LogP contribution < -0.4 is 22.5 Å². The number of nitrogens with two attached hydrogens (primary N) is 2. The number of rotatable bonds is 7. The maximum Gasteiger partial charge on any atom is 0.234 e. The smallest absolute Gasteiger partial charge is 0.234 e. The Hall–Kier alpha value is -1.14. The molecule has 0 aliphatic carbocycles. The summed E-state index contributed by atoms with van der Waals surface area (Å²) in [5, 5.41) is 0. The van der Waals surface area contributed by atoms with Crippen LogP contribution >= 0.6 is 0 Å². The summed E-state index contributed by atoms with van der Waals surface area (Å²) in [4.78, 5) is 22.5. The first-order valence-corrected chi connectivity index (χ1v) is 6.11. The molecule has 6 nitrogen and oxygen atoms in total. The van der Waals surface area contributed by atoms with Crippen molar-refractivity contribution in [1.82, 2.24) is 10.9 Å². The fourth-order valence-electron chi connectivity index (χ4n) is 1.82. The maximum absolute atomic E-state index is 11.3. The summed E-state index contributed by atoms with van der Waals surface area (Å²) in [6, 6.07) is 0. The number of carbonyl (C=O) groups is 2. The summed E-state index contributed by atoms with van der Waals surface area (Å²) >= 11 is 0. The Balaban J connectivity index is 4.28. The Bertz CT molecular complexity index is 270. The second-order valence-electron chi connectivity index (χ2n) is 6.32. The molecule has 0 rings (SSSR count). The molecular formula is C12H26N4O2. The standard InChI is InChI=1S/C12H26N4O2/c1-11(2,7-9(17)15-13)5-6-12(3,4)8-10(18)16-14/h5-8,13-14H2,1-4H3,(H,15,17)(H,16,18). The number of hydrogen-bond donors (Lipinski definition) is 4. The third-order valence-corrected chi connectivity index (χ3v) is 3.08. The lowest BCUT2D eigenvalue weighted by molar-refractivity contribution is -0.124. The van der Waals surface area contributed by atoms with Crippen LogP contribution in [0, 0.1) is 10.8 Å². The fraction of sp³-hybridized carbons (Fsp3) is 0.833. The molecule has 0 atom stereocenters. The first-order valence-electron chi connectivity index (χ1n) is 6.11. The lowest BCUT2D eigenvalue weighted by atomic mass is 9.76. The Labute approximate surface area is 109 Å². The zero-order valence-corrected chi connectivity index (χ0v) is 11.8. The molecule has 0 aromatic carbocycles. The van der Waals surface area contributed by atoms with Gasteiger partial charge in [0.2, 0.25) is 11.8 Å². The minimum absolute atomic E-state index is 0.139. The minimum Gasteiger partial charge on any atom is -0.294 e. The molecule has 106 valence electrons. The number of carbonyl (C=O) groups excluding carboxylic acids is 2. The van der Waals surface area contributed by atoms with Crippen molar-refractivity contribution in [3.63, 3.8) is 0 Å². The predicted molar refractivity (Wildman–Crippen MR) is 70.7 cm³/mol. The first kappa shape index (κ1) is 16.9. The van der Waals surface area contributed by atoms with E-state index in [1.807, 2.05) is 27.7 Å². The molecule has 0 aliphatic heterocycles. The van der Waals surface area contributed by atoms with Crippen molar-refractivity contribution in [2.45, 2.75) is 53.4 Å². The van der Waals surface area contributed by atoms with Crippen LogP contribution in [0.3, 0.4) is 0 Å². The second-order valence-corrected chi connectivity index (χ2v) is 6.32. The average Bonchev–Trinajstić information content (AvgIpc) is 2.25. The van der Waals surface area contributed by atoms with Gasteiger partial charge >= 0.3 is 0 Å². The summed E-state index contributed by atoms with van der Waals surface area (Å²) < 4.78 is 0. The highest BCUT2D eigenvalue weighted by atomic mass is 16.2.